The number of halogens is 3. The molecule has 0 saturated carbocycles. The summed E-state index contributed by atoms with van der Waals surface area (Å²) >= 11 is 0. The van der Waals surface area contributed by atoms with Crippen molar-refractivity contribution in [3.05, 3.63) is 0 Å². The van der Waals surface area contributed by atoms with E-state index in [4.69, 9.17) is 0 Å². The first-order chi connectivity index (χ1) is 7.73. The Bertz CT molecular complexity index is 302. The van der Waals surface area contributed by atoms with Crippen LogP contribution < -0.4 is 10.6 Å². The van der Waals surface area contributed by atoms with E-state index in [2.05, 4.69) is 5.32 Å². The lowest BCUT2D eigenvalue weighted by atomic mass is 10.2. The van der Waals surface area contributed by atoms with Crippen LogP contribution in [0.2, 0.25) is 0 Å². The Morgan fingerprint density at radius 1 is 1.00 bits per heavy atom. The second-order valence-electron chi connectivity index (χ2n) is 3.31. The zero-order chi connectivity index (χ0) is 13.5. The van der Waals surface area contributed by atoms with Crippen molar-refractivity contribution in [1.29, 1.82) is 0 Å². The molecule has 0 aliphatic heterocycles. The van der Waals surface area contributed by atoms with E-state index < -0.39 is 18.0 Å². The molecule has 2 N–H and O–H groups in total. The Labute approximate surface area is 95.7 Å². The lowest BCUT2D eigenvalue weighted by Crippen LogP contribution is -2.41. The first kappa shape index (κ1) is 15.4. The molecule has 0 spiro atoms. The van der Waals surface area contributed by atoms with Gasteiger partial charge in [-0.3, -0.25) is 9.59 Å². The van der Waals surface area contributed by atoms with Gasteiger partial charge in [-0.1, -0.05) is 0 Å². The lowest BCUT2D eigenvalue weighted by Gasteiger charge is -2.08. The quantitative estimate of drug-likeness (QED) is 0.662. The number of carbonyl (C=O) groups is 3. The van der Waals surface area contributed by atoms with E-state index in [0.29, 0.717) is 0 Å². The van der Waals surface area contributed by atoms with Crippen molar-refractivity contribution in [1.82, 2.24) is 10.6 Å². The third-order valence-corrected chi connectivity index (χ3v) is 1.69. The van der Waals surface area contributed by atoms with Crippen LogP contribution in [0, 0.1) is 0 Å². The van der Waals surface area contributed by atoms with Crippen molar-refractivity contribution in [3.63, 3.8) is 0 Å². The number of hydrogen-bond donors (Lipinski definition) is 2. The maximum absolute atomic E-state index is 11.7. The first-order valence-electron chi connectivity index (χ1n) is 4.84. The summed E-state index contributed by atoms with van der Waals surface area (Å²) in [4.78, 5) is 31.8. The summed E-state index contributed by atoms with van der Waals surface area (Å²) in [7, 11) is 0. The molecule has 0 fully saturated rings. The molecule has 0 rings (SSSR count). The zero-order valence-electron chi connectivity index (χ0n) is 9.19. The van der Waals surface area contributed by atoms with Crippen LogP contribution in [0.4, 0.5) is 13.2 Å². The molecule has 0 unspecified atom stereocenters. The van der Waals surface area contributed by atoms with Gasteiger partial charge in [0.25, 0.3) is 0 Å². The third kappa shape index (κ3) is 8.23. The number of Topliss-reactive ketones (excluding diaryl/α,β-unsaturated/α-hetero) is 1. The topological polar surface area (TPSA) is 75.3 Å². The molecule has 8 heteroatoms. The van der Waals surface area contributed by atoms with Gasteiger partial charge in [0.15, 0.2) is 0 Å². The van der Waals surface area contributed by atoms with Gasteiger partial charge >= 0.3 is 12.1 Å². The molecule has 17 heavy (non-hydrogen) atoms. The van der Waals surface area contributed by atoms with Crippen molar-refractivity contribution in [2.75, 3.05) is 13.1 Å². The monoisotopic (exact) mass is 254 g/mol. The summed E-state index contributed by atoms with van der Waals surface area (Å²) in [5.74, 6) is -2.64. The highest BCUT2D eigenvalue weighted by Gasteiger charge is 2.38. The minimum absolute atomic E-state index is 0.0114. The molecule has 0 saturated heterocycles. The van der Waals surface area contributed by atoms with Crippen molar-refractivity contribution < 1.29 is 27.6 Å². The number of nitrogens with one attached hydrogen (secondary N) is 2. The SMILES string of the molecule is CC(=O)CCC(=O)NCCNC(=O)C(F)(F)F. The Balaban J connectivity index is 3.62. The van der Waals surface area contributed by atoms with Crippen molar-refractivity contribution in [2.45, 2.75) is 25.9 Å². The highest BCUT2D eigenvalue weighted by Crippen LogP contribution is 2.13. The Morgan fingerprint density at radius 2 is 1.53 bits per heavy atom. The van der Waals surface area contributed by atoms with Gasteiger partial charge in [0.2, 0.25) is 5.91 Å². The predicted octanol–water partition coefficient (Wildman–Crippen LogP) is 0.150. The molecule has 5 nitrogen and oxygen atoms in total. The van der Waals surface area contributed by atoms with E-state index in [1.807, 2.05) is 0 Å². The van der Waals surface area contributed by atoms with Crippen LogP contribution in [0.25, 0.3) is 0 Å². The molecule has 0 aromatic carbocycles. The standard InChI is InChI=1S/C9H13F3N2O3/c1-6(15)2-3-7(16)13-4-5-14-8(17)9(10,11)12/h2-5H2,1H3,(H,13,16)(H,14,17). The average Bonchev–Trinajstić information content (AvgIpc) is 2.19. The number of amides is 2. The maximum Gasteiger partial charge on any atom is 0.471 e. The van der Waals surface area contributed by atoms with E-state index >= 15 is 0 Å². The second kappa shape index (κ2) is 6.87. The van der Waals surface area contributed by atoms with E-state index in [-0.39, 0.29) is 31.7 Å². The van der Waals surface area contributed by atoms with Crippen LogP contribution in [0.3, 0.4) is 0 Å². The van der Waals surface area contributed by atoms with Crippen molar-refractivity contribution in [3.8, 4) is 0 Å². The third-order valence-electron chi connectivity index (χ3n) is 1.69. The number of alkyl halides is 3. The van der Waals surface area contributed by atoms with Crippen LogP contribution in [0.15, 0.2) is 0 Å². The number of hydrogen-bond acceptors (Lipinski definition) is 3. The molecular weight excluding hydrogens is 241 g/mol. The fraction of sp³-hybridized carbons (Fsp3) is 0.667. The smallest absolute Gasteiger partial charge is 0.354 e. The van der Waals surface area contributed by atoms with Crippen LogP contribution in [0.5, 0.6) is 0 Å². The molecule has 0 atom stereocenters. The predicted molar refractivity (Wildman–Crippen MR) is 52.0 cm³/mol. The minimum atomic E-state index is -4.92. The maximum atomic E-state index is 11.7. The molecule has 0 aliphatic rings. The summed E-state index contributed by atoms with van der Waals surface area (Å²) in [6.45, 7) is 0.902. The number of ketones is 1. The van der Waals surface area contributed by atoms with Crippen LogP contribution in [-0.2, 0) is 14.4 Å². The van der Waals surface area contributed by atoms with Gasteiger partial charge in [0.05, 0.1) is 0 Å². The van der Waals surface area contributed by atoms with Gasteiger partial charge in [-0.25, -0.2) is 0 Å². The van der Waals surface area contributed by atoms with Gasteiger partial charge in [0.1, 0.15) is 5.78 Å². The average molecular weight is 254 g/mol. The number of rotatable bonds is 6. The second-order valence-corrected chi connectivity index (χ2v) is 3.31. The molecule has 0 aromatic heterocycles. The van der Waals surface area contributed by atoms with E-state index in [0.717, 1.165) is 0 Å². The zero-order valence-corrected chi connectivity index (χ0v) is 9.19. The van der Waals surface area contributed by atoms with Crippen molar-refractivity contribution >= 4 is 17.6 Å². The summed E-state index contributed by atoms with van der Waals surface area (Å²) in [5.41, 5.74) is 0. The Morgan fingerprint density at radius 3 is 2.00 bits per heavy atom. The molecule has 0 aliphatic carbocycles. The fourth-order valence-electron chi connectivity index (χ4n) is 0.856. The largest absolute Gasteiger partial charge is 0.471 e. The summed E-state index contributed by atoms with van der Waals surface area (Å²) in [5, 5.41) is 3.87. The van der Waals surface area contributed by atoms with Gasteiger partial charge in [-0.15, -0.1) is 0 Å². The molecule has 2 amide bonds. The highest BCUT2D eigenvalue weighted by atomic mass is 19.4. The molecule has 0 aromatic rings. The van der Waals surface area contributed by atoms with E-state index in [1.54, 1.807) is 5.32 Å². The van der Waals surface area contributed by atoms with Crippen LogP contribution in [0.1, 0.15) is 19.8 Å². The van der Waals surface area contributed by atoms with E-state index in [9.17, 15) is 27.6 Å². The summed E-state index contributed by atoms with van der Waals surface area (Å²) in [6, 6.07) is 0. The van der Waals surface area contributed by atoms with Gasteiger partial charge < -0.3 is 15.4 Å². The highest BCUT2D eigenvalue weighted by molar-refractivity contribution is 5.83. The van der Waals surface area contributed by atoms with Crippen molar-refractivity contribution in [2.24, 2.45) is 0 Å². The summed E-state index contributed by atoms with van der Waals surface area (Å²) in [6.07, 6.45) is -4.85. The molecule has 0 radical (unpaired) electrons. The first-order valence-corrected chi connectivity index (χ1v) is 4.84. The van der Waals surface area contributed by atoms with E-state index in [1.165, 1.54) is 6.92 Å². The lowest BCUT2D eigenvalue weighted by molar-refractivity contribution is -0.173. The van der Waals surface area contributed by atoms with Gasteiger partial charge in [-0.2, -0.15) is 13.2 Å². The van der Waals surface area contributed by atoms with Crippen LogP contribution >= 0.6 is 0 Å². The molecule has 98 valence electrons. The normalized spacial score (nSPS) is 10.8. The van der Waals surface area contributed by atoms with Crippen LogP contribution in [-0.4, -0.2) is 36.9 Å². The summed E-state index contributed by atoms with van der Waals surface area (Å²) < 4.78 is 35.1. The minimum Gasteiger partial charge on any atom is -0.354 e. The fourth-order valence-corrected chi connectivity index (χ4v) is 0.856. The van der Waals surface area contributed by atoms with Gasteiger partial charge in [0, 0.05) is 25.9 Å². The Hall–Kier alpha value is -1.60. The molecular formula is C9H13F3N2O3. The molecule has 0 bridgehead atoms. The molecule has 0 heterocycles. The van der Waals surface area contributed by atoms with Gasteiger partial charge in [-0.05, 0) is 6.92 Å². The Kier molecular flexibility index (Phi) is 6.22. The number of carbonyl (C=O) groups excluding carboxylic acids is 3.